The van der Waals surface area contributed by atoms with Gasteiger partial charge in [-0.15, -0.1) is 0 Å². The standard InChI is InChI=1S/C20H36O2/c21-20(14-8-3-9-15-20)22-16-19(17-10-4-1-5-11-17)18-12-6-2-7-13-18/h17-19,21H,1-16H2. The van der Waals surface area contributed by atoms with Gasteiger partial charge in [-0.3, -0.25) is 0 Å². The van der Waals surface area contributed by atoms with E-state index in [9.17, 15) is 5.11 Å². The monoisotopic (exact) mass is 308 g/mol. The average molecular weight is 309 g/mol. The molecule has 0 aliphatic heterocycles. The van der Waals surface area contributed by atoms with Crippen LogP contribution in [0.15, 0.2) is 0 Å². The van der Waals surface area contributed by atoms with Gasteiger partial charge in [-0.2, -0.15) is 0 Å². The molecule has 0 spiro atoms. The van der Waals surface area contributed by atoms with Crippen molar-refractivity contribution in [3.8, 4) is 0 Å². The van der Waals surface area contributed by atoms with Gasteiger partial charge in [-0.05, 0) is 30.6 Å². The van der Waals surface area contributed by atoms with Gasteiger partial charge in [0.25, 0.3) is 0 Å². The molecule has 0 atom stereocenters. The first kappa shape index (κ1) is 16.8. The van der Waals surface area contributed by atoms with Gasteiger partial charge in [0.15, 0.2) is 5.79 Å². The summed E-state index contributed by atoms with van der Waals surface area (Å²) in [7, 11) is 0. The zero-order valence-corrected chi connectivity index (χ0v) is 14.4. The van der Waals surface area contributed by atoms with Crippen LogP contribution in [0.3, 0.4) is 0 Å². The van der Waals surface area contributed by atoms with Gasteiger partial charge in [-0.25, -0.2) is 0 Å². The predicted octanol–water partition coefficient (Wildman–Crippen LogP) is 5.43. The molecule has 3 saturated carbocycles. The SMILES string of the molecule is OC1(OCC(C2CCCCC2)C2CCCCC2)CCCCC1. The second-order valence-electron chi connectivity index (χ2n) is 8.28. The lowest BCUT2D eigenvalue weighted by atomic mass is 9.70. The number of ether oxygens (including phenoxy) is 1. The third-order valence-corrected chi connectivity index (χ3v) is 6.69. The maximum Gasteiger partial charge on any atom is 0.165 e. The van der Waals surface area contributed by atoms with Crippen LogP contribution in [0.2, 0.25) is 0 Å². The van der Waals surface area contributed by atoms with Crippen molar-refractivity contribution in [3.63, 3.8) is 0 Å². The highest BCUT2D eigenvalue weighted by atomic mass is 16.6. The Labute approximate surface area is 137 Å². The van der Waals surface area contributed by atoms with Crippen LogP contribution in [-0.2, 0) is 4.74 Å². The minimum absolute atomic E-state index is 0.714. The fraction of sp³-hybridized carbons (Fsp3) is 1.00. The molecule has 1 N–H and O–H groups in total. The molecule has 3 aliphatic rings. The van der Waals surface area contributed by atoms with E-state index in [0.717, 1.165) is 44.1 Å². The summed E-state index contributed by atoms with van der Waals surface area (Å²) in [5.41, 5.74) is 0. The highest BCUT2D eigenvalue weighted by Crippen LogP contribution is 2.41. The summed E-state index contributed by atoms with van der Waals surface area (Å²) in [6, 6.07) is 0. The summed E-state index contributed by atoms with van der Waals surface area (Å²) in [4.78, 5) is 0. The summed E-state index contributed by atoms with van der Waals surface area (Å²) < 4.78 is 6.19. The molecule has 22 heavy (non-hydrogen) atoms. The van der Waals surface area contributed by atoms with Gasteiger partial charge in [-0.1, -0.05) is 70.6 Å². The van der Waals surface area contributed by atoms with Gasteiger partial charge < -0.3 is 9.84 Å². The van der Waals surface area contributed by atoms with E-state index in [1.165, 1.54) is 70.6 Å². The molecule has 3 rings (SSSR count). The van der Waals surface area contributed by atoms with E-state index >= 15 is 0 Å². The van der Waals surface area contributed by atoms with Crippen molar-refractivity contribution in [3.05, 3.63) is 0 Å². The van der Waals surface area contributed by atoms with Crippen molar-refractivity contribution >= 4 is 0 Å². The first-order valence-corrected chi connectivity index (χ1v) is 10.1. The topological polar surface area (TPSA) is 29.5 Å². The molecule has 0 aromatic heterocycles. The van der Waals surface area contributed by atoms with E-state index in [2.05, 4.69) is 0 Å². The van der Waals surface area contributed by atoms with Crippen molar-refractivity contribution in [1.29, 1.82) is 0 Å². The number of rotatable bonds is 5. The first-order chi connectivity index (χ1) is 10.8. The first-order valence-electron chi connectivity index (χ1n) is 10.1. The lowest BCUT2D eigenvalue weighted by molar-refractivity contribution is -0.232. The van der Waals surface area contributed by atoms with E-state index < -0.39 is 5.79 Å². The van der Waals surface area contributed by atoms with Gasteiger partial charge in [0.05, 0.1) is 6.61 Å². The Bertz CT molecular complexity index is 292. The third kappa shape index (κ3) is 4.47. The lowest BCUT2D eigenvalue weighted by Crippen LogP contribution is -2.39. The van der Waals surface area contributed by atoms with Gasteiger partial charge in [0.2, 0.25) is 0 Å². The zero-order valence-electron chi connectivity index (χ0n) is 14.4. The van der Waals surface area contributed by atoms with Crippen molar-refractivity contribution in [1.82, 2.24) is 0 Å². The molecular weight excluding hydrogens is 272 g/mol. The molecule has 0 aromatic rings. The van der Waals surface area contributed by atoms with E-state index in [1.807, 2.05) is 0 Å². The molecule has 0 aromatic carbocycles. The van der Waals surface area contributed by atoms with E-state index in [4.69, 9.17) is 4.74 Å². The van der Waals surface area contributed by atoms with Gasteiger partial charge in [0, 0.05) is 12.8 Å². The normalized spacial score (nSPS) is 28.1. The molecule has 2 nitrogen and oxygen atoms in total. The maximum absolute atomic E-state index is 10.7. The van der Waals surface area contributed by atoms with Crippen LogP contribution in [0.25, 0.3) is 0 Å². The summed E-state index contributed by atoms with van der Waals surface area (Å²) >= 11 is 0. The van der Waals surface area contributed by atoms with Crippen LogP contribution in [0.4, 0.5) is 0 Å². The molecule has 3 aliphatic carbocycles. The second-order valence-corrected chi connectivity index (χ2v) is 8.28. The zero-order chi connectivity index (χ0) is 15.3. The smallest absolute Gasteiger partial charge is 0.165 e. The van der Waals surface area contributed by atoms with Crippen LogP contribution in [-0.4, -0.2) is 17.5 Å². The predicted molar refractivity (Wildman–Crippen MR) is 90.6 cm³/mol. The summed E-state index contributed by atoms with van der Waals surface area (Å²) in [6.07, 6.45) is 19.4. The largest absolute Gasteiger partial charge is 0.365 e. The summed E-state index contributed by atoms with van der Waals surface area (Å²) in [6.45, 7) is 0.825. The third-order valence-electron chi connectivity index (χ3n) is 6.69. The summed E-state index contributed by atoms with van der Waals surface area (Å²) in [5.74, 6) is 1.65. The van der Waals surface area contributed by atoms with E-state index in [-0.39, 0.29) is 0 Å². The van der Waals surface area contributed by atoms with Crippen molar-refractivity contribution in [2.24, 2.45) is 17.8 Å². The van der Waals surface area contributed by atoms with Crippen molar-refractivity contribution in [2.75, 3.05) is 6.61 Å². The second kappa shape index (κ2) is 8.15. The van der Waals surface area contributed by atoms with Crippen molar-refractivity contribution < 1.29 is 9.84 Å². The molecular formula is C20H36O2. The number of aliphatic hydroxyl groups is 1. The minimum Gasteiger partial charge on any atom is -0.365 e. The van der Waals surface area contributed by atoms with Gasteiger partial charge >= 0.3 is 0 Å². The Morgan fingerprint density at radius 1 is 0.727 bits per heavy atom. The van der Waals surface area contributed by atoms with Crippen LogP contribution in [0.1, 0.15) is 96.3 Å². The van der Waals surface area contributed by atoms with Gasteiger partial charge in [0.1, 0.15) is 0 Å². The highest BCUT2D eigenvalue weighted by molar-refractivity contribution is 4.83. The maximum atomic E-state index is 10.7. The minimum atomic E-state index is -0.792. The summed E-state index contributed by atoms with van der Waals surface area (Å²) in [5, 5.41) is 10.7. The Hall–Kier alpha value is -0.0800. The molecule has 0 bridgehead atoms. The van der Waals surface area contributed by atoms with E-state index in [1.54, 1.807) is 0 Å². The van der Waals surface area contributed by atoms with Crippen LogP contribution in [0.5, 0.6) is 0 Å². The van der Waals surface area contributed by atoms with Crippen molar-refractivity contribution in [2.45, 2.75) is 102 Å². The lowest BCUT2D eigenvalue weighted by Gasteiger charge is -2.40. The Kier molecular flexibility index (Phi) is 6.21. The Balaban J connectivity index is 1.59. The number of hydrogen-bond donors (Lipinski definition) is 1. The fourth-order valence-corrected chi connectivity index (χ4v) is 5.28. The van der Waals surface area contributed by atoms with Crippen LogP contribution in [0, 0.1) is 17.8 Å². The molecule has 0 heterocycles. The number of hydrogen-bond acceptors (Lipinski definition) is 2. The Morgan fingerprint density at radius 3 is 1.68 bits per heavy atom. The molecule has 128 valence electrons. The van der Waals surface area contributed by atoms with Crippen LogP contribution >= 0.6 is 0 Å². The van der Waals surface area contributed by atoms with Crippen LogP contribution < -0.4 is 0 Å². The molecule has 3 fully saturated rings. The fourth-order valence-electron chi connectivity index (χ4n) is 5.28. The molecule has 2 heteroatoms. The average Bonchev–Trinajstić information content (AvgIpc) is 2.58. The Morgan fingerprint density at radius 2 is 1.18 bits per heavy atom. The molecule has 0 amide bonds. The highest BCUT2D eigenvalue weighted by Gasteiger charge is 2.36. The molecule has 0 radical (unpaired) electrons. The van der Waals surface area contributed by atoms with E-state index in [0.29, 0.717) is 5.92 Å². The quantitative estimate of drug-likeness (QED) is 0.686. The molecule has 0 unspecified atom stereocenters. The molecule has 0 saturated heterocycles.